The van der Waals surface area contributed by atoms with Crippen LogP contribution in [-0.2, 0) is 16.7 Å². The van der Waals surface area contributed by atoms with E-state index in [0.717, 1.165) is 48.2 Å². The topological polar surface area (TPSA) is 75.8 Å². The second-order valence-electron chi connectivity index (χ2n) is 6.52. The van der Waals surface area contributed by atoms with Crippen molar-refractivity contribution in [2.24, 2.45) is 0 Å². The number of nitrogens with zero attached hydrogens (tertiary/aromatic N) is 4. The first-order chi connectivity index (χ1) is 11.2. The third-order valence-electron chi connectivity index (χ3n) is 5.01. The van der Waals surface area contributed by atoms with Gasteiger partial charge in [0.25, 0.3) is 0 Å². The first-order valence-electron chi connectivity index (χ1n) is 8.32. The van der Waals surface area contributed by atoms with Gasteiger partial charge in [-0.15, -0.1) is 0 Å². The van der Waals surface area contributed by atoms with Crippen molar-refractivity contribution in [2.75, 3.05) is 13.2 Å². The van der Waals surface area contributed by atoms with Gasteiger partial charge in [-0.25, -0.2) is 4.98 Å². The summed E-state index contributed by atoms with van der Waals surface area (Å²) in [5, 5.41) is 17.6. The van der Waals surface area contributed by atoms with E-state index in [-0.39, 0.29) is 17.6 Å². The highest BCUT2D eigenvalue weighted by atomic mass is 16.5. The highest BCUT2D eigenvalue weighted by Crippen LogP contribution is 2.50. The molecule has 2 aliphatic rings. The van der Waals surface area contributed by atoms with E-state index in [1.54, 1.807) is 6.20 Å². The second-order valence-corrected chi connectivity index (χ2v) is 6.52. The van der Waals surface area contributed by atoms with E-state index in [9.17, 15) is 5.26 Å². The van der Waals surface area contributed by atoms with Crippen LogP contribution in [0.5, 0.6) is 0 Å². The maximum Gasteiger partial charge on any atom is 0.114 e. The van der Waals surface area contributed by atoms with Crippen LogP contribution in [0.25, 0.3) is 11.0 Å². The second kappa shape index (κ2) is 5.29. The van der Waals surface area contributed by atoms with E-state index < -0.39 is 0 Å². The fourth-order valence-electron chi connectivity index (χ4n) is 3.50. The molecule has 1 saturated carbocycles. The normalized spacial score (nSPS) is 26.1. The molecule has 120 valence electrons. The monoisotopic (exact) mass is 311 g/mol. The van der Waals surface area contributed by atoms with E-state index in [1.807, 2.05) is 4.68 Å². The van der Waals surface area contributed by atoms with Gasteiger partial charge in [0, 0.05) is 24.7 Å². The molecule has 3 heterocycles. The molecule has 1 aliphatic heterocycles. The smallest absolute Gasteiger partial charge is 0.114 e. The van der Waals surface area contributed by atoms with Gasteiger partial charge >= 0.3 is 0 Å². The maximum absolute atomic E-state index is 9.68. The van der Waals surface area contributed by atoms with Gasteiger partial charge < -0.3 is 10.1 Å². The van der Waals surface area contributed by atoms with Crippen LogP contribution in [0.15, 0.2) is 12.3 Å². The summed E-state index contributed by atoms with van der Waals surface area (Å²) < 4.78 is 7.89. The molecular weight excluding hydrogens is 290 g/mol. The Labute approximate surface area is 135 Å². The van der Waals surface area contributed by atoms with Crippen LogP contribution in [0, 0.1) is 11.3 Å². The molecule has 0 bridgehead atoms. The Morgan fingerprint density at radius 1 is 1.52 bits per heavy atom. The zero-order valence-corrected chi connectivity index (χ0v) is 13.5. The highest BCUT2D eigenvalue weighted by molar-refractivity contribution is 5.81. The summed E-state index contributed by atoms with van der Waals surface area (Å²) in [7, 11) is 0. The summed E-state index contributed by atoms with van der Waals surface area (Å²) in [6.07, 6.45) is 3.55. The quantitative estimate of drug-likeness (QED) is 0.939. The predicted molar refractivity (Wildman–Crippen MR) is 85.9 cm³/mol. The van der Waals surface area contributed by atoms with E-state index in [0.29, 0.717) is 6.61 Å². The fraction of sp³-hybridized carbons (Fsp3) is 0.588. The summed E-state index contributed by atoms with van der Waals surface area (Å²) >= 11 is 0. The van der Waals surface area contributed by atoms with Gasteiger partial charge in [0.05, 0.1) is 35.5 Å². The Bertz CT molecular complexity index is 786. The fourth-order valence-corrected chi connectivity index (χ4v) is 3.50. The van der Waals surface area contributed by atoms with Crippen LogP contribution in [-0.4, -0.2) is 34.0 Å². The third kappa shape index (κ3) is 2.23. The first-order valence-corrected chi connectivity index (χ1v) is 8.32. The molecule has 0 spiro atoms. The van der Waals surface area contributed by atoms with Crippen LogP contribution in [0.1, 0.15) is 44.1 Å². The number of hydrogen-bond donors (Lipinski definition) is 1. The van der Waals surface area contributed by atoms with Crippen molar-refractivity contribution in [3.8, 4) is 6.07 Å². The van der Waals surface area contributed by atoms with E-state index in [1.165, 1.54) is 0 Å². The van der Waals surface area contributed by atoms with Crippen molar-refractivity contribution < 1.29 is 4.74 Å². The van der Waals surface area contributed by atoms with Crippen LogP contribution in [0.2, 0.25) is 0 Å². The number of ether oxygens (including phenoxy) is 1. The Morgan fingerprint density at radius 3 is 3.00 bits per heavy atom. The summed E-state index contributed by atoms with van der Waals surface area (Å²) in [6, 6.07) is 4.81. The zero-order chi connectivity index (χ0) is 16.0. The highest BCUT2D eigenvalue weighted by Gasteiger charge is 2.47. The largest absolute Gasteiger partial charge is 0.369 e. The van der Waals surface area contributed by atoms with Crippen LogP contribution < -0.4 is 5.32 Å². The number of morpholine rings is 1. The number of nitrogens with one attached hydrogen (secondary N) is 1. The molecule has 2 atom stereocenters. The molecule has 6 heteroatoms. The lowest BCUT2D eigenvalue weighted by Crippen LogP contribution is -2.41. The molecule has 4 rings (SSSR count). The van der Waals surface area contributed by atoms with E-state index >= 15 is 0 Å². The lowest BCUT2D eigenvalue weighted by Gasteiger charge is -2.30. The average Bonchev–Trinajstić information content (AvgIpc) is 3.27. The lowest BCUT2D eigenvalue weighted by atomic mass is 9.94. The Balaban J connectivity index is 1.90. The molecule has 1 saturated heterocycles. The molecule has 2 fully saturated rings. The first kappa shape index (κ1) is 14.6. The minimum absolute atomic E-state index is 0.0774. The molecule has 1 unspecified atom stereocenters. The van der Waals surface area contributed by atoms with Gasteiger partial charge in [-0.3, -0.25) is 4.68 Å². The third-order valence-corrected chi connectivity index (χ3v) is 5.01. The van der Waals surface area contributed by atoms with Gasteiger partial charge in [-0.1, -0.05) is 0 Å². The minimum Gasteiger partial charge on any atom is -0.369 e. The molecule has 1 N–H and O–H groups in total. The number of rotatable bonds is 3. The average molecular weight is 311 g/mol. The zero-order valence-electron chi connectivity index (χ0n) is 13.5. The summed E-state index contributed by atoms with van der Waals surface area (Å²) in [5.41, 5.74) is 3.48. The lowest BCUT2D eigenvalue weighted by molar-refractivity contribution is -0.00267. The number of fused-ring (bicyclic) bond motifs is 1. The molecule has 0 amide bonds. The van der Waals surface area contributed by atoms with Crippen LogP contribution in [0.4, 0.5) is 0 Å². The van der Waals surface area contributed by atoms with Crippen molar-refractivity contribution in [2.45, 2.75) is 50.8 Å². The van der Waals surface area contributed by atoms with Gasteiger partial charge in [0.2, 0.25) is 0 Å². The van der Waals surface area contributed by atoms with Gasteiger partial charge in [-0.2, -0.15) is 10.4 Å². The predicted octanol–water partition coefficient (Wildman–Crippen LogP) is 2.06. The number of hydrogen-bond acceptors (Lipinski definition) is 5. The number of aryl methyl sites for hydroxylation is 1. The minimum atomic E-state index is -0.367. The number of aromatic nitrogens is 3. The molecule has 1 aliphatic carbocycles. The van der Waals surface area contributed by atoms with Crippen molar-refractivity contribution in [3.63, 3.8) is 0 Å². The van der Waals surface area contributed by atoms with Crippen molar-refractivity contribution in [1.82, 2.24) is 20.1 Å². The molecule has 0 aromatic carbocycles. The maximum atomic E-state index is 9.68. The van der Waals surface area contributed by atoms with Crippen molar-refractivity contribution in [3.05, 3.63) is 23.5 Å². The van der Waals surface area contributed by atoms with E-state index in [4.69, 9.17) is 9.72 Å². The van der Waals surface area contributed by atoms with Crippen LogP contribution in [0.3, 0.4) is 0 Å². The molecule has 0 radical (unpaired) electrons. The molecular formula is C17H21N5O. The van der Waals surface area contributed by atoms with Gasteiger partial charge in [0.15, 0.2) is 0 Å². The molecule has 2 aromatic rings. The Morgan fingerprint density at radius 2 is 2.35 bits per heavy atom. The Hall–Kier alpha value is -1.97. The van der Waals surface area contributed by atoms with Gasteiger partial charge in [0.1, 0.15) is 11.6 Å². The summed E-state index contributed by atoms with van der Waals surface area (Å²) in [4.78, 5) is 4.80. The Kier molecular flexibility index (Phi) is 3.36. The van der Waals surface area contributed by atoms with Crippen molar-refractivity contribution in [1.29, 1.82) is 5.26 Å². The summed E-state index contributed by atoms with van der Waals surface area (Å²) in [6.45, 7) is 6.50. The number of nitriles is 1. The molecule has 2 aromatic heterocycles. The molecule has 23 heavy (non-hydrogen) atoms. The SMILES string of the molecule is CCn1ncc2nc([C@@H]3OCCNC3C)cc(C3(C#N)CC3)c21. The van der Waals surface area contributed by atoms with E-state index in [2.05, 4.69) is 36.4 Å². The van der Waals surface area contributed by atoms with Crippen LogP contribution >= 0.6 is 0 Å². The molecule has 6 nitrogen and oxygen atoms in total. The van der Waals surface area contributed by atoms with Gasteiger partial charge in [-0.05, 0) is 32.8 Å². The number of pyridine rings is 1. The standard InChI is InChI=1S/C17H21N5O/c1-3-22-15-12(17(10-18)4-5-17)8-13(21-14(15)9-20-22)16-11(2)19-6-7-23-16/h8-9,11,16,19H,3-7H2,1-2H3/t11?,16-/m1/s1. The summed E-state index contributed by atoms with van der Waals surface area (Å²) in [5.74, 6) is 0. The van der Waals surface area contributed by atoms with Crippen molar-refractivity contribution >= 4 is 11.0 Å².